The van der Waals surface area contributed by atoms with Gasteiger partial charge in [0.25, 0.3) is 0 Å². The number of hydrogen-bond donors (Lipinski definition) is 0. The Morgan fingerprint density at radius 1 is 1.00 bits per heavy atom. The Morgan fingerprint density at radius 2 is 1.33 bits per heavy atom. The maximum Gasteiger partial charge on any atom is 0.0864 e. The lowest BCUT2D eigenvalue weighted by molar-refractivity contribution is 0.410. The lowest BCUT2D eigenvalue weighted by atomic mass is 10.0. The van der Waals surface area contributed by atoms with Crippen LogP contribution in [-0.2, 0) is 22.2 Å². The highest BCUT2D eigenvalue weighted by Gasteiger charge is 2.21. The van der Waals surface area contributed by atoms with E-state index in [0.29, 0.717) is 0 Å². The van der Waals surface area contributed by atoms with E-state index in [1.165, 1.54) is 0 Å². The molecule has 0 N–H and O–H groups in total. The highest BCUT2D eigenvalue weighted by molar-refractivity contribution is 7.97. The van der Waals surface area contributed by atoms with Crippen LogP contribution in [-0.4, -0.2) is 22.1 Å². The first-order chi connectivity index (χ1) is 5.37. The van der Waals surface area contributed by atoms with Gasteiger partial charge in [-0.25, -0.2) is 0 Å². The fraction of sp³-hybridized carbons (Fsp3) is 1.00. The van der Waals surface area contributed by atoms with Crippen LogP contribution in [0.15, 0.2) is 0 Å². The summed E-state index contributed by atoms with van der Waals surface area (Å²) in [7, 11) is 0. The fourth-order valence-electron chi connectivity index (χ4n) is 0.729. The van der Waals surface area contributed by atoms with E-state index in [9.17, 15) is 17.5 Å². The van der Waals surface area contributed by atoms with E-state index >= 15 is 0 Å². The summed E-state index contributed by atoms with van der Waals surface area (Å²) in [5.41, 5.74) is 0. The number of hydrogen-bond acceptors (Lipinski definition) is 4. The first-order valence-electron chi connectivity index (χ1n) is 3.54. The molecule has 6 heteroatoms. The van der Waals surface area contributed by atoms with E-state index in [2.05, 4.69) is 0 Å². The zero-order valence-electron chi connectivity index (χ0n) is 7.18. The van der Waals surface area contributed by atoms with Gasteiger partial charge in [-0.3, -0.25) is 8.42 Å². The zero-order chi connectivity index (χ0) is 9.89. The van der Waals surface area contributed by atoms with Gasteiger partial charge in [-0.05, 0) is 34.0 Å². The molecule has 0 aliphatic heterocycles. The van der Waals surface area contributed by atoms with Crippen LogP contribution in [0.2, 0.25) is 0 Å². The molecule has 0 rings (SSSR count). The van der Waals surface area contributed by atoms with Gasteiger partial charge in [0.15, 0.2) is 0 Å². The van der Waals surface area contributed by atoms with Crippen LogP contribution >= 0.6 is 0 Å². The van der Waals surface area contributed by atoms with Gasteiger partial charge in [-0.15, -0.1) is 0 Å². The average molecular weight is 212 g/mol. The van der Waals surface area contributed by atoms with Crippen LogP contribution in [0.1, 0.15) is 20.8 Å². The monoisotopic (exact) mass is 212 g/mol. The SMILES string of the molecule is CC(C)C(C)C(S(=O)[O-])S(=O)[O-]. The molecule has 0 bridgehead atoms. The predicted octanol–water partition coefficient (Wildman–Crippen LogP) is 0.363. The summed E-state index contributed by atoms with van der Waals surface area (Å²) in [6.07, 6.45) is 0. The summed E-state index contributed by atoms with van der Waals surface area (Å²) in [4.78, 5) is 0. The highest BCUT2D eigenvalue weighted by atomic mass is 32.3. The van der Waals surface area contributed by atoms with Crippen molar-refractivity contribution in [2.24, 2.45) is 11.8 Å². The predicted molar refractivity (Wildman–Crippen MR) is 45.6 cm³/mol. The first kappa shape index (κ1) is 12.2. The zero-order valence-corrected chi connectivity index (χ0v) is 8.81. The van der Waals surface area contributed by atoms with E-state index in [0.717, 1.165) is 0 Å². The fourth-order valence-corrected chi connectivity index (χ4v) is 2.57. The minimum Gasteiger partial charge on any atom is -0.771 e. The second kappa shape index (κ2) is 5.06. The molecule has 3 unspecified atom stereocenters. The Kier molecular flexibility index (Phi) is 5.15. The molecule has 0 heterocycles. The van der Waals surface area contributed by atoms with Gasteiger partial charge < -0.3 is 9.11 Å². The molecular weight excluding hydrogens is 200 g/mol. The van der Waals surface area contributed by atoms with Gasteiger partial charge in [0.2, 0.25) is 0 Å². The summed E-state index contributed by atoms with van der Waals surface area (Å²) in [6, 6.07) is 0. The summed E-state index contributed by atoms with van der Waals surface area (Å²) >= 11 is -5.09. The van der Waals surface area contributed by atoms with Crippen molar-refractivity contribution < 1.29 is 17.5 Å². The molecule has 0 amide bonds. The Balaban J connectivity index is 4.52. The van der Waals surface area contributed by atoms with Crippen molar-refractivity contribution in [1.82, 2.24) is 0 Å². The lowest BCUT2D eigenvalue weighted by Crippen LogP contribution is -2.31. The third-order valence-corrected chi connectivity index (χ3v) is 4.42. The Morgan fingerprint density at radius 3 is 1.42 bits per heavy atom. The molecule has 0 fully saturated rings. The van der Waals surface area contributed by atoms with Crippen LogP contribution in [0, 0.1) is 11.8 Å². The molecular formula is C6H12O4S2-2. The normalized spacial score (nSPS) is 21.8. The van der Waals surface area contributed by atoms with Crippen molar-refractivity contribution in [3.8, 4) is 0 Å². The largest absolute Gasteiger partial charge is 0.771 e. The van der Waals surface area contributed by atoms with Gasteiger partial charge in [0.1, 0.15) is 0 Å². The molecule has 0 aromatic carbocycles. The quantitative estimate of drug-likeness (QED) is 0.630. The maximum absolute atomic E-state index is 10.5. The second-order valence-electron chi connectivity index (χ2n) is 2.99. The third kappa shape index (κ3) is 3.30. The number of rotatable bonds is 4. The van der Waals surface area contributed by atoms with Crippen LogP contribution in [0.25, 0.3) is 0 Å². The standard InChI is InChI=1S/C6H14O4S2/c1-4(2)5(3)6(11(7)8)12(9)10/h4-6H,1-3H3,(H,7,8)(H,9,10)/p-2. The van der Waals surface area contributed by atoms with Crippen LogP contribution in [0.4, 0.5) is 0 Å². The summed E-state index contributed by atoms with van der Waals surface area (Å²) in [6.45, 7) is 5.19. The van der Waals surface area contributed by atoms with Gasteiger partial charge in [0.05, 0.1) is 4.58 Å². The Hall–Kier alpha value is 0.220. The van der Waals surface area contributed by atoms with E-state index in [-0.39, 0.29) is 11.8 Å². The minimum absolute atomic E-state index is 0.0331. The summed E-state index contributed by atoms with van der Waals surface area (Å²) in [5.74, 6) is -0.340. The van der Waals surface area contributed by atoms with Gasteiger partial charge in [-0.2, -0.15) is 0 Å². The van der Waals surface area contributed by atoms with Crippen LogP contribution in [0.3, 0.4) is 0 Å². The second-order valence-corrected chi connectivity index (χ2v) is 5.35. The molecule has 0 aromatic heterocycles. The third-order valence-electron chi connectivity index (χ3n) is 1.86. The Bertz CT molecular complexity index is 178. The molecule has 74 valence electrons. The smallest absolute Gasteiger partial charge is 0.0864 e. The van der Waals surface area contributed by atoms with Crippen molar-refractivity contribution in [3.05, 3.63) is 0 Å². The molecule has 0 aromatic rings. The van der Waals surface area contributed by atoms with Gasteiger partial charge >= 0.3 is 0 Å². The molecule has 0 saturated heterocycles. The van der Waals surface area contributed by atoms with Crippen molar-refractivity contribution in [2.75, 3.05) is 0 Å². The maximum atomic E-state index is 10.5. The van der Waals surface area contributed by atoms with E-state index in [1.807, 2.05) is 0 Å². The van der Waals surface area contributed by atoms with Crippen molar-refractivity contribution in [1.29, 1.82) is 0 Å². The van der Waals surface area contributed by atoms with E-state index < -0.39 is 26.7 Å². The topological polar surface area (TPSA) is 80.3 Å². The molecule has 0 spiro atoms. The minimum atomic E-state index is -2.55. The summed E-state index contributed by atoms with van der Waals surface area (Å²) in [5, 5.41) is 0. The lowest BCUT2D eigenvalue weighted by Gasteiger charge is -2.30. The average Bonchev–Trinajstić information content (AvgIpc) is 1.85. The van der Waals surface area contributed by atoms with Crippen molar-refractivity contribution in [2.45, 2.75) is 25.4 Å². The highest BCUT2D eigenvalue weighted by Crippen LogP contribution is 2.20. The molecule has 0 aliphatic carbocycles. The van der Waals surface area contributed by atoms with Crippen LogP contribution < -0.4 is 0 Å². The molecule has 0 radical (unpaired) electrons. The molecule has 12 heavy (non-hydrogen) atoms. The Labute approximate surface area is 77.3 Å². The summed E-state index contributed by atoms with van der Waals surface area (Å²) < 4.78 is 40.7. The van der Waals surface area contributed by atoms with E-state index in [4.69, 9.17) is 0 Å². The molecule has 0 saturated carbocycles. The van der Waals surface area contributed by atoms with E-state index in [1.54, 1.807) is 20.8 Å². The van der Waals surface area contributed by atoms with Crippen molar-refractivity contribution >= 4 is 22.2 Å². The molecule has 0 aliphatic rings. The van der Waals surface area contributed by atoms with Crippen molar-refractivity contribution in [3.63, 3.8) is 0 Å². The van der Waals surface area contributed by atoms with Gasteiger partial charge in [0, 0.05) is 0 Å². The molecule has 4 nitrogen and oxygen atoms in total. The van der Waals surface area contributed by atoms with Gasteiger partial charge in [-0.1, -0.05) is 20.8 Å². The van der Waals surface area contributed by atoms with Crippen LogP contribution in [0.5, 0.6) is 0 Å². The first-order valence-corrected chi connectivity index (χ1v) is 5.81. The molecule has 3 atom stereocenters.